The summed E-state index contributed by atoms with van der Waals surface area (Å²) in [6.45, 7) is 0. The van der Waals surface area contributed by atoms with Crippen molar-refractivity contribution in [3.8, 4) is 33.8 Å². The molecule has 0 amide bonds. The number of benzene rings is 3. The normalized spacial score (nSPS) is 11.2. The minimum absolute atomic E-state index is 0.396. The lowest BCUT2D eigenvalue weighted by Crippen LogP contribution is -2.27. The molecule has 0 radical (unpaired) electrons. The van der Waals surface area contributed by atoms with E-state index < -0.39 is 6.29 Å². The largest absolute Gasteiger partial charge is 0.238 e. The average molecular weight is 443 g/mol. The van der Waals surface area contributed by atoms with Gasteiger partial charge in [-0.15, -0.1) is 0 Å². The smallest absolute Gasteiger partial charge is 0.227 e. The minimum atomic E-state index is -0.396. The Morgan fingerprint density at radius 1 is 0.382 bits per heavy atom. The zero-order chi connectivity index (χ0) is 22.7. The van der Waals surface area contributed by atoms with Crippen molar-refractivity contribution >= 4 is 0 Å². The first-order valence-corrected chi connectivity index (χ1v) is 11.2. The second kappa shape index (κ2) is 8.67. The van der Waals surface area contributed by atoms with E-state index in [1.165, 1.54) is 0 Å². The second-order valence-electron chi connectivity index (χ2n) is 7.99. The summed E-state index contributed by atoms with van der Waals surface area (Å²) in [6.07, 6.45) is 5.52. The first-order chi connectivity index (χ1) is 16.8. The summed E-state index contributed by atoms with van der Waals surface area (Å²) in [4.78, 5) is 0. The number of aromatic nitrogens is 6. The van der Waals surface area contributed by atoms with Gasteiger partial charge in [0, 0.05) is 35.3 Å². The third kappa shape index (κ3) is 3.82. The molecule has 0 saturated heterocycles. The first-order valence-electron chi connectivity index (χ1n) is 11.2. The van der Waals surface area contributed by atoms with Gasteiger partial charge >= 0.3 is 0 Å². The van der Waals surface area contributed by atoms with E-state index in [2.05, 4.69) is 36.4 Å². The van der Waals surface area contributed by atoms with Crippen LogP contribution in [0.2, 0.25) is 0 Å². The zero-order valence-corrected chi connectivity index (χ0v) is 18.4. The molecule has 3 aromatic heterocycles. The van der Waals surface area contributed by atoms with Crippen molar-refractivity contribution in [2.24, 2.45) is 0 Å². The minimum Gasteiger partial charge on any atom is -0.227 e. The van der Waals surface area contributed by atoms with Gasteiger partial charge in [-0.3, -0.25) is 0 Å². The molecule has 0 unspecified atom stereocenters. The maximum atomic E-state index is 4.89. The highest BCUT2D eigenvalue weighted by atomic mass is 15.6. The summed E-state index contributed by atoms with van der Waals surface area (Å²) in [6, 6.07) is 36.6. The molecule has 0 saturated carbocycles. The topological polar surface area (TPSA) is 53.5 Å². The van der Waals surface area contributed by atoms with Gasteiger partial charge in [-0.2, -0.15) is 15.3 Å². The zero-order valence-electron chi connectivity index (χ0n) is 18.4. The predicted octanol–water partition coefficient (Wildman–Crippen LogP) is 5.83. The van der Waals surface area contributed by atoms with Gasteiger partial charge in [0.15, 0.2) is 0 Å². The maximum Gasteiger partial charge on any atom is 0.238 e. The molecule has 3 heterocycles. The Morgan fingerprint density at radius 3 is 0.971 bits per heavy atom. The van der Waals surface area contributed by atoms with Gasteiger partial charge in [0.2, 0.25) is 6.29 Å². The lowest BCUT2D eigenvalue weighted by molar-refractivity contribution is 0.286. The lowest BCUT2D eigenvalue weighted by Gasteiger charge is -2.19. The van der Waals surface area contributed by atoms with Crippen molar-refractivity contribution < 1.29 is 0 Å². The maximum absolute atomic E-state index is 4.89. The van der Waals surface area contributed by atoms with Crippen molar-refractivity contribution in [1.82, 2.24) is 29.3 Å². The van der Waals surface area contributed by atoms with Gasteiger partial charge in [-0.05, 0) is 18.2 Å². The number of hydrogen-bond donors (Lipinski definition) is 0. The molecular weight excluding hydrogens is 420 g/mol. The van der Waals surface area contributed by atoms with Gasteiger partial charge < -0.3 is 0 Å². The van der Waals surface area contributed by atoms with Crippen LogP contribution in [0, 0.1) is 0 Å². The molecule has 0 N–H and O–H groups in total. The molecule has 6 aromatic rings. The van der Waals surface area contributed by atoms with Crippen molar-refractivity contribution in [2.75, 3.05) is 0 Å². The third-order valence-electron chi connectivity index (χ3n) is 5.74. The van der Waals surface area contributed by atoms with Crippen molar-refractivity contribution in [3.63, 3.8) is 0 Å². The van der Waals surface area contributed by atoms with Gasteiger partial charge in [0.05, 0.1) is 17.1 Å². The Bertz CT molecular complexity index is 1310. The first kappa shape index (κ1) is 19.9. The third-order valence-corrected chi connectivity index (χ3v) is 5.74. The summed E-state index contributed by atoms with van der Waals surface area (Å²) >= 11 is 0. The summed E-state index contributed by atoms with van der Waals surface area (Å²) < 4.78 is 5.68. The van der Waals surface area contributed by atoms with Crippen LogP contribution in [0.4, 0.5) is 0 Å². The molecule has 164 valence electrons. The number of rotatable bonds is 6. The molecule has 6 heteroatoms. The Balaban J connectivity index is 1.43. The summed E-state index contributed by atoms with van der Waals surface area (Å²) in [7, 11) is 0. The van der Waals surface area contributed by atoms with Crippen LogP contribution in [-0.2, 0) is 0 Å². The Kier molecular flexibility index (Phi) is 5.09. The van der Waals surface area contributed by atoms with Gasteiger partial charge in [0.1, 0.15) is 0 Å². The summed E-state index contributed by atoms with van der Waals surface area (Å²) in [5.41, 5.74) is 5.90. The second-order valence-corrected chi connectivity index (χ2v) is 7.99. The van der Waals surface area contributed by atoms with Crippen LogP contribution in [0.25, 0.3) is 33.8 Å². The van der Waals surface area contributed by atoms with E-state index in [4.69, 9.17) is 15.3 Å². The predicted molar refractivity (Wildman–Crippen MR) is 133 cm³/mol. The quantitative estimate of drug-likeness (QED) is 0.326. The standard InChI is InChI=1S/C28H22N6/c1-4-10-22(11-5-1)25-16-19-32(29-25)28(33-20-17-26(30-33)23-12-6-2-7-13-23)34-21-18-27(31-34)24-14-8-3-9-15-24/h1-21,28H. The van der Waals surface area contributed by atoms with Gasteiger partial charge in [0.25, 0.3) is 0 Å². The van der Waals surface area contributed by atoms with Crippen molar-refractivity contribution in [1.29, 1.82) is 0 Å². The van der Waals surface area contributed by atoms with Crippen LogP contribution in [0.1, 0.15) is 6.29 Å². The van der Waals surface area contributed by atoms with Crippen LogP contribution >= 0.6 is 0 Å². The van der Waals surface area contributed by atoms with E-state index in [0.29, 0.717) is 0 Å². The molecule has 0 aliphatic rings. The molecule has 3 aromatic carbocycles. The Labute approximate surface area is 197 Å². The van der Waals surface area contributed by atoms with E-state index in [9.17, 15) is 0 Å². The molecule has 6 rings (SSSR count). The van der Waals surface area contributed by atoms with Gasteiger partial charge in [-0.25, -0.2) is 14.0 Å². The molecule has 0 fully saturated rings. The monoisotopic (exact) mass is 442 g/mol. The average Bonchev–Trinajstić information content (AvgIpc) is 3.68. The van der Waals surface area contributed by atoms with E-state index >= 15 is 0 Å². The summed E-state index contributed by atoms with van der Waals surface area (Å²) in [5.74, 6) is 0. The lowest BCUT2D eigenvalue weighted by atomic mass is 10.2. The van der Waals surface area contributed by atoms with Crippen LogP contribution < -0.4 is 0 Å². The van der Waals surface area contributed by atoms with Crippen LogP contribution in [0.15, 0.2) is 128 Å². The molecule has 0 aliphatic carbocycles. The molecule has 34 heavy (non-hydrogen) atoms. The fraction of sp³-hybridized carbons (Fsp3) is 0.0357. The molecular formula is C28H22N6. The van der Waals surface area contributed by atoms with Crippen LogP contribution in [-0.4, -0.2) is 29.3 Å². The van der Waals surface area contributed by atoms with E-state index in [1.54, 1.807) is 0 Å². The Morgan fingerprint density at radius 2 is 0.676 bits per heavy atom. The molecule has 0 aliphatic heterocycles. The number of nitrogens with zero attached hydrogens (tertiary/aromatic N) is 6. The fourth-order valence-electron chi connectivity index (χ4n) is 4.05. The van der Waals surface area contributed by atoms with E-state index in [0.717, 1.165) is 33.8 Å². The molecule has 0 bridgehead atoms. The fourth-order valence-corrected chi connectivity index (χ4v) is 4.05. The highest BCUT2D eigenvalue weighted by molar-refractivity contribution is 5.59. The van der Waals surface area contributed by atoms with Crippen molar-refractivity contribution in [3.05, 3.63) is 128 Å². The number of hydrogen-bond acceptors (Lipinski definition) is 3. The highest BCUT2D eigenvalue weighted by Gasteiger charge is 2.20. The van der Waals surface area contributed by atoms with Gasteiger partial charge in [-0.1, -0.05) is 91.0 Å². The Hall–Kier alpha value is -4.71. The SMILES string of the molecule is c1ccc(-c2ccn(C(n3ccc(-c4ccccc4)n3)n3ccc(-c4ccccc4)n3)n2)cc1. The summed E-state index contributed by atoms with van der Waals surface area (Å²) in [5, 5.41) is 14.7. The van der Waals surface area contributed by atoms with Crippen molar-refractivity contribution in [2.45, 2.75) is 6.29 Å². The van der Waals surface area contributed by atoms with Crippen LogP contribution in [0.3, 0.4) is 0 Å². The highest BCUT2D eigenvalue weighted by Crippen LogP contribution is 2.24. The van der Waals surface area contributed by atoms with E-state index in [1.807, 2.05) is 105 Å². The van der Waals surface area contributed by atoms with E-state index in [-0.39, 0.29) is 0 Å². The molecule has 0 spiro atoms. The molecule has 0 atom stereocenters. The van der Waals surface area contributed by atoms with Crippen LogP contribution in [0.5, 0.6) is 0 Å². The molecule has 6 nitrogen and oxygen atoms in total.